The van der Waals surface area contributed by atoms with Crippen LogP contribution in [0.1, 0.15) is 62.1 Å². The quantitative estimate of drug-likeness (QED) is 0.318. The molecule has 7 heteroatoms. The SMILES string of the molecule is COc1ccc2c(c1)CCCC2NC(=O)CCCCCC[N+](=O)c1ccc(F)cc1N. The number of nitrogens with two attached hydrogens (primary N) is 1. The minimum absolute atomic E-state index is 0.0670. The molecule has 2 aromatic rings. The van der Waals surface area contributed by atoms with Gasteiger partial charge in [0.05, 0.1) is 13.2 Å². The van der Waals surface area contributed by atoms with E-state index >= 15 is 0 Å². The maximum absolute atomic E-state index is 13.1. The van der Waals surface area contributed by atoms with Gasteiger partial charge in [-0.1, -0.05) is 12.5 Å². The van der Waals surface area contributed by atoms with Crippen LogP contribution in [0.2, 0.25) is 0 Å². The third-order valence-electron chi connectivity index (χ3n) is 5.77. The summed E-state index contributed by atoms with van der Waals surface area (Å²) in [6, 6.07) is 9.92. The Kier molecular flexibility index (Phi) is 7.98. The zero-order chi connectivity index (χ0) is 22.2. The van der Waals surface area contributed by atoms with Crippen molar-refractivity contribution in [3.63, 3.8) is 0 Å². The Hall–Kier alpha value is -2.96. The summed E-state index contributed by atoms with van der Waals surface area (Å²) in [5.41, 5.74) is 8.58. The summed E-state index contributed by atoms with van der Waals surface area (Å²) in [6.45, 7) is 0.296. The molecule has 1 amide bonds. The van der Waals surface area contributed by atoms with Crippen molar-refractivity contribution in [1.29, 1.82) is 0 Å². The molecule has 0 fully saturated rings. The van der Waals surface area contributed by atoms with Gasteiger partial charge in [0.2, 0.25) is 5.91 Å². The number of nitrogens with zero attached hydrogens (tertiary/aromatic N) is 1. The van der Waals surface area contributed by atoms with Crippen molar-refractivity contribution in [2.75, 3.05) is 19.4 Å². The van der Waals surface area contributed by atoms with Crippen LogP contribution in [0.5, 0.6) is 5.75 Å². The zero-order valence-electron chi connectivity index (χ0n) is 18.0. The van der Waals surface area contributed by atoms with E-state index in [1.165, 1.54) is 23.3 Å². The number of aryl methyl sites for hydroxylation is 1. The van der Waals surface area contributed by atoms with Gasteiger partial charge in [-0.15, -0.1) is 0 Å². The van der Waals surface area contributed by atoms with E-state index in [-0.39, 0.29) is 17.6 Å². The number of ether oxygens (including phenoxy) is 1. The molecule has 0 radical (unpaired) electrons. The molecule has 166 valence electrons. The lowest BCUT2D eigenvalue weighted by Gasteiger charge is -2.26. The summed E-state index contributed by atoms with van der Waals surface area (Å²) in [4.78, 5) is 24.5. The molecule has 0 bridgehead atoms. The second-order valence-corrected chi connectivity index (χ2v) is 8.05. The van der Waals surface area contributed by atoms with Crippen molar-refractivity contribution in [3.05, 3.63) is 58.2 Å². The first-order chi connectivity index (χ1) is 15.0. The second-order valence-electron chi connectivity index (χ2n) is 8.05. The molecular weight excluding hydrogens is 397 g/mol. The average Bonchev–Trinajstić information content (AvgIpc) is 2.75. The minimum Gasteiger partial charge on any atom is -0.497 e. The van der Waals surface area contributed by atoms with Crippen LogP contribution in [0.4, 0.5) is 15.8 Å². The number of hydrogen-bond acceptors (Lipinski definition) is 4. The highest BCUT2D eigenvalue weighted by Gasteiger charge is 2.22. The average molecular weight is 429 g/mol. The highest BCUT2D eigenvalue weighted by atomic mass is 19.1. The van der Waals surface area contributed by atoms with Gasteiger partial charge in [0.1, 0.15) is 17.3 Å². The normalized spacial score (nSPS) is 15.2. The Bertz CT molecular complexity index is 932. The highest BCUT2D eigenvalue weighted by Crippen LogP contribution is 2.32. The fourth-order valence-electron chi connectivity index (χ4n) is 4.10. The predicted octanol–water partition coefficient (Wildman–Crippen LogP) is 4.97. The number of benzene rings is 2. The fourth-order valence-corrected chi connectivity index (χ4v) is 4.10. The summed E-state index contributed by atoms with van der Waals surface area (Å²) < 4.78 is 19.2. The van der Waals surface area contributed by atoms with Crippen molar-refractivity contribution in [1.82, 2.24) is 5.32 Å². The molecule has 0 aliphatic heterocycles. The van der Waals surface area contributed by atoms with Crippen LogP contribution >= 0.6 is 0 Å². The minimum atomic E-state index is -0.454. The molecule has 3 rings (SSSR count). The fraction of sp³-hybridized carbons (Fsp3) is 0.458. The van der Waals surface area contributed by atoms with Crippen LogP contribution in [-0.4, -0.2) is 24.3 Å². The first-order valence-corrected chi connectivity index (χ1v) is 10.9. The van der Waals surface area contributed by atoms with Crippen LogP contribution in [0.15, 0.2) is 36.4 Å². The molecule has 0 spiro atoms. The van der Waals surface area contributed by atoms with E-state index < -0.39 is 5.82 Å². The monoisotopic (exact) mass is 428 g/mol. The van der Waals surface area contributed by atoms with Crippen LogP contribution < -0.4 is 15.8 Å². The summed E-state index contributed by atoms with van der Waals surface area (Å²) >= 11 is 0. The number of carbonyl (C=O) groups excluding carboxylic acids is 1. The molecule has 2 aromatic carbocycles. The molecule has 31 heavy (non-hydrogen) atoms. The second kappa shape index (κ2) is 10.9. The number of amides is 1. The van der Waals surface area contributed by atoms with E-state index in [4.69, 9.17) is 10.5 Å². The van der Waals surface area contributed by atoms with E-state index in [1.807, 2.05) is 6.07 Å². The smallest absolute Gasteiger partial charge is 0.278 e. The number of unbranched alkanes of at least 4 members (excludes halogenated alkanes) is 3. The van der Waals surface area contributed by atoms with Crippen LogP contribution in [0.3, 0.4) is 0 Å². The van der Waals surface area contributed by atoms with Crippen LogP contribution in [0.25, 0.3) is 0 Å². The maximum Gasteiger partial charge on any atom is 0.278 e. The predicted molar refractivity (Wildman–Crippen MR) is 119 cm³/mol. The number of halogens is 1. The summed E-state index contributed by atoms with van der Waals surface area (Å²) in [7, 11) is 1.66. The topological polar surface area (TPSA) is 84.4 Å². The zero-order valence-corrected chi connectivity index (χ0v) is 18.0. The number of fused-ring (bicyclic) bond motifs is 1. The molecular formula is C24H31FN3O3+. The summed E-state index contributed by atoms with van der Waals surface area (Å²) in [6.07, 6.45) is 6.70. The van der Waals surface area contributed by atoms with Gasteiger partial charge in [-0.2, -0.15) is 0 Å². The van der Waals surface area contributed by atoms with Crippen molar-refractivity contribution in [2.45, 2.75) is 57.4 Å². The third kappa shape index (κ3) is 6.26. The molecule has 0 heterocycles. The number of nitrogens with one attached hydrogen (secondary N) is 1. The molecule has 6 nitrogen and oxygen atoms in total. The van der Waals surface area contributed by atoms with Gasteiger partial charge < -0.3 is 15.8 Å². The van der Waals surface area contributed by atoms with E-state index in [2.05, 4.69) is 17.4 Å². The lowest BCUT2D eigenvalue weighted by atomic mass is 9.87. The Morgan fingerprint density at radius 3 is 2.77 bits per heavy atom. The van der Waals surface area contributed by atoms with E-state index in [1.54, 1.807) is 7.11 Å². The number of nitroso groups, excluding NO2 is 1. The molecule has 1 aliphatic carbocycles. The number of anilines is 1. The first-order valence-electron chi connectivity index (χ1n) is 10.9. The van der Waals surface area contributed by atoms with E-state index in [0.717, 1.165) is 55.1 Å². The summed E-state index contributed by atoms with van der Waals surface area (Å²) in [5.74, 6) is 0.465. The highest BCUT2D eigenvalue weighted by molar-refractivity contribution is 5.76. The molecule has 0 saturated heterocycles. The van der Waals surface area contributed by atoms with Gasteiger partial charge in [0.25, 0.3) is 5.69 Å². The van der Waals surface area contributed by atoms with Crippen LogP contribution in [0, 0.1) is 10.7 Å². The Balaban J connectivity index is 1.35. The Labute approximate surface area is 182 Å². The number of carbonyl (C=O) groups is 1. The van der Waals surface area contributed by atoms with Gasteiger partial charge in [-0.05, 0) is 61.4 Å². The molecule has 1 aliphatic rings. The van der Waals surface area contributed by atoms with E-state index in [9.17, 15) is 14.1 Å². The number of rotatable bonds is 10. The Morgan fingerprint density at radius 2 is 2.00 bits per heavy atom. The van der Waals surface area contributed by atoms with Gasteiger partial charge in [0, 0.05) is 34.6 Å². The van der Waals surface area contributed by atoms with Crippen molar-refractivity contribution in [3.8, 4) is 5.75 Å². The van der Waals surface area contributed by atoms with Crippen molar-refractivity contribution < 1.29 is 18.7 Å². The number of hydrogen-bond donors (Lipinski definition) is 2. The van der Waals surface area contributed by atoms with Gasteiger partial charge >= 0.3 is 0 Å². The molecule has 3 N–H and O–H groups in total. The Morgan fingerprint density at radius 1 is 1.19 bits per heavy atom. The largest absolute Gasteiger partial charge is 0.497 e. The number of methoxy groups -OCH3 is 1. The lowest BCUT2D eigenvalue weighted by Crippen LogP contribution is -2.30. The van der Waals surface area contributed by atoms with Gasteiger partial charge in [-0.25, -0.2) is 4.39 Å². The molecule has 0 saturated carbocycles. The van der Waals surface area contributed by atoms with Crippen molar-refractivity contribution >= 4 is 17.3 Å². The van der Waals surface area contributed by atoms with Gasteiger partial charge in [0.15, 0.2) is 6.54 Å². The standard InChI is InChI=1S/C24H30FN3O3/c1-31-19-11-12-20-17(15-19)7-6-8-22(20)27-24(29)9-4-2-3-5-14-28(30)23-13-10-18(25)16-21(23)26/h10-13,15-16,22H,2-9,14H2,1H3,(H2-,26,27,29,30)/p+1. The van der Waals surface area contributed by atoms with Gasteiger partial charge in [-0.3, -0.25) is 4.79 Å². The maximum atomic E-state index is 13.1. The van der Waals surface area contributed by atoms with E-state index in [0.29, 0.717) is 25.1 Å². The molecule has 0 aromatic heterocycles. The number of nitrogen functional groups attached to an aromatic ring is 1. The first kappa shape index (κ1) is 22.7. The summed E-state index contributed by atoms with van der Waals surface area (Å²) in [5, 5.41) is 3.17. The van der Waals surface area contributed by atoms with Crippen molar-refractivity contribution in [2.24, 2.45) is 0 Å². The van der Waals surface area contributed by atoms with Crippen LogP contribution in [-0.2, 0) is 11.2 Å². The lowest BCUT2D eigenvalue weighted by molar-refractivity contribution is -0.462. The third-order valence-corrected chi connectivity index (χ3v) is 5.77. The molecule has 1 unspecified atom stereocenters. The molecule has 1 atom stereocenters.